The van der Waals surface area contributed by atoms with Gasteiger partial charge in [-0.2, -0.15) is 5.10 Å². The number of fused-ring (bicyclic) bond motifs is 1. The van der Waals surface area contributed by atoms with Gasteiger partial charge in [-0.25, -0.2) is 9.59 Å². The number of carbonyl (C=O) groups is 1. The van der Waals surface area contributed by atoms with E-state index in [1.165, 1.54) is 43.5 Å². The lowest BCUT2D eigenvalue weighted by Gasteiger charge is -2.11. The van der Waals surface area contributed by atoms with Crippen molar-refractivity contribution in [3.63, 3.8) is 0 Å². The lowest BCUT2D eigenvalue weighted by molar-refractivity contribution is -0.384. The molecule has 0 unspecified atom stereocenters. The Labute approximate surface area is 174 Å². The number of non-ortho nitro benzene ring substituents is 1. The summed E-state index contributed by atoms with van der Waals surface area (Å²) in [5.41, 5.74) is 0.997. The molecule has 4 rings (SSSR count). The third-order valence-electron chi connectivity index (χ3n) is 4.61. The molecule has 0 aliphatic carbocycles. The second-order valence-corrected chi connectivity index (χ2v) is 6.56. The van der Waals surface area contributed by atoms with Gasteiger partial charge in [-0.3, -0.25) is 15.2 Å². The average molecular weight is 421 g/mol. The Kier molecular flexibility index (Phi) is 4.96. The van der Waals surface area contributed by atoms with Crippen LogP contribution in [-0.2, 0) is 0 Å². The van der Waals surface area contributed by atoms with Crippen LogP contribution in [0.1, 0.15) is 16.1 Å². The number of esters is 1. The molecule has 2 aromatic carbocycles. The van der Waals surface area contributed by atoms with E-state index >= 15 is 0 Å². The minimum absolute atomic E-state index is 0.0598. The van der Waals surface area contributed by atoms with Gasteiger partial charge in [0, 0.05) is 40.9 Å². The molecule has 2 aromatic heterocycles. The number of aromatic amines is 1. The van der Waals surface area contributed by atoms with Crippen molar-refractivity contribution in [1.82, 2.24) is 10.2 Å². The summed E-state index contributed by atoms with van der Waals surface area (Å²) in [4.78, 5) is 34.9. The van der Waals surface area contributed by atoms with Gasteiger partial charge < -0.3 is 13.9 Å². The Morgan fingerprint density at radius 1 is 1.13 bits per heavy atom. The largest absolute Gasteiger partial charge is 0.493 e. The molecule has 0 saturated heterocycles. The van der Waals surface area contributed by atoms with Crippen molar-refractivity contribution in [3.05, 3.63) is 80.3 Å². The first-order valence-electron chi connectivity index (χ1n) is 9.01. The molecule has 0 saturated carbocycles. The van der Waals surface area contributed by atoms with Crippen molar-refractivity contribution in [1.29, 1.82) is 0 Å². The molecule has 10 heteroatoms. The van der Waals surface area contributed by atoms with Gasteiger partial charge in [-0.1, -0.05) is 0 Å². The predicted octanol–water partition coefficient (Wildman–Crippen LogP) is 3.63. The molecule has 31 heavy (non-hydrogen) atoms. The standard InChI is InChI=1S/C21H15N3O7/c1-11-19(20(23-22-11)12-3-6-14(7-4-12)24(27)28)21(26)31-17-10-15-13(9-16(17)29-2)5-8-18(25)30-15/h3-10H,1-2H3,(H,22,23). The molecule has 4 aromatic rings. The van der Waals surface area contributed by atoms with Crippen molar-refractivity contribution >= 4 is 22.6 Å². The molecule has 0 spiro atoms. The number of benzene rings is 2. The van der Waals surface area contributed by atoms with Crippen LogP contribution in [0.4, 0.5) is 5.69 Å². The van der Waals surface area contributed by atoms with Gasteiger partial charge >= 0.3 is 11.6 Å². The van der Waals surface area contributed by atoms with E-state index in [0.717, 1.165) is 0 Å². The lowest BCUT2D eigenvalue weighted by Crippen LogP contribution is -2.11. The summed E-state index contributed by atoms with van der Waals surface area (Å²) in [6, 6.07) is 11.5. The van der Waals surface area contributed by atoms with E-state index in [1.54, 1.807) is 19.1 Å². The van der Waals surface area contributed by atoms with Crippen LogP contribution in [0.2, 0.25) is 0 Å². The molecule has 2 heterocycles. The van der Waals surface area contributed by atoms with Crippen LogP contribution < -0.4 is 15.1 Å². The molecule has 1 N–H and O–H groups in total. The number of nitrogens with one attached hydrogen (secondary N) is 1. The van der Waals surface area contributed by atoms with Crippen molar-refractivity contribution in [2.75, 3.05) is 7.11 Å². The number of nitrogens with zero attached hydrogens (tertiary/aromatic N) is 2. The molecular formula is C21H15N3O7. The number of aromatic nitrogens is 2. The molecule has 0 aliphatic heterocycles. The number of hydrogen-bond acceptors (Lipinski definition) is 8. The topological polar surface area (TPSA) is 138 Å². The molecule has 0 amide bonds. The Hall–Kier alpha value is -4.47. The SMILES string of the molecule is COc1cc2ccc(=O)oc2cc1OC(=O)c1c(-c2ccc([N+](=O)[O-])cc2)n[nH]c1C. The van der Waals surface area contributed by atoms with Crippen molar-refractivity contribution in [3.8, 4) is 22.8 Å². The predicted molar refractivity (Wildman–Crippen MR) is 109 cm³/mol. The van der Waals surface area contributed by atoms with Gasteiger partial charge in [0.25, 0.3) is 5.69 Å². The van der Waals surface area contributed by atoms with Crippen molar-refractivity contribution in [2.24, 2.45) is 0 Å². The molecular weight excluding hydrogens is 406 g/mol. The van der Waals surface area contributed by atoms with E-state index in [-0.39, 0.29) is 34.0 Å². The minimum atomic E-state index is -0.726. The van der Waals surface area contributed by atoms with Gasteiger partial charge in [0.15, 0.2) is 11.5 Å². The van der Waals surface area contributed by atoms with Crippen molar-refractivity contribution in [2.45, 2.75) is 6.92 Å². The summed E-state index contributed by atoms with van der Waals surface area (Å²) in [6.07, 6.45) is 0. The fraction of sp³-hybridized carbons (Fsp3) is 0.0952. The van der Waals surface area contributed by atoms with E-state index in [4.69, 9.17) is 13.9 Å². The maximum Gasteiger partial charge on any atom is 0.347 e. The zero-order chi connectivity index (χ0) is 22.1. The Morgan fingerprint density at radius 3 is 2.55 bits per heavy atom. The fourth-order valence-corrected chi connectivity index (χ4v) is 3.09. The zero-order valence-corrected chi connectivity index (χ0v) is 16.4. The number of aryl methyl sites for hydroxylation is 1. The van der Waals surface area contributed by atoms with Gasteiger partial charge in [-0.05, 0) is 31.2 Å². The molecule has 156 valence electrons. The highest BCUT2D eigenvalue weighted by Crippen LogP contribution is 2.34. The van der Waals surface area contributed by atoms with E-state index in [0.29, 0.717) is 16.6 Å². The van der Waals surface area contributed by atoms with E-state index in [9.17, 15) is 19.7 Å². The second kappa shape index (κ2) is 7.75. The van der Waals surface area contributed by atoms with E-state index < -0.39 is 16.5 Å². The number of nitro groups is 1. The Balaban J connectivity index is 1.72. The van der Waals surface area contributed by atoms with Crippen LogP contribution in [0.25, 0.3) is 22.2 Å². The number of methoxy groups -OCH3 is 1. The number of H-pyrrole nitrogens is 1. The summed E-state index contributed by atoms with van der Waals surface area (Å²) in [6.45, 7) is 1.65. The summed E-state index contributed by atoms with van der Waals surface area (Å²) in [7, 11) is 1.42. The normalized spacial score (nSPS) is 10.8. The van der Waals surface area contributed by atoms with Crippen LogP contribution in [0.5, 0.6) is 11.5 Å². The number of nitro benzene ring substituents is 1. The molecule has 0 aliphatic rings. The van der Waals surface area contributed by atoms with Crippen LogP contribution in [0, 0.1) is 17.0 Å². The zero-order valence-electron chi connectivity index (χ0n) is 16.4. The third-order valence-corrected chi connectivity index (χ3v) is 4.61. The smallest absolute Gasteiger partial charge is 0.347 e. The van der Waals surface area contributed by atoms with Gasteiger partial charge in [-0.15, -0.1) is 0 Å². The van der Waals surface area contributed by atoms with E-state index in [2.05, 4.69) is 10.2 Å². The van der Waals surface area contributed by atoms with Gasteiger partial charge in [0.1, 0.15) is 16.8 Å². The second-order valence-electron chi connectivity index (χ2n) is 6.56. The Bertz CT molecular complexity index is 1370. The van der Waals surface area contributed by atoms with Crippen LogP contribution in [-0.4, -0.2) is 28.2 Å². The lowest BCUT2D eigenvalue weighted by atomic mass is 10.1. The van der Waals surface area contributed by atoms with Crippen LogP contribution in [0.15, 0.2) is 57.7 Å². The first-order valence-corrected chi connectivity index (χ1v) is 9.01. The highest BCUT2D eigenvalue weighted by atomic mass is 16.6. The van der Waals surface area contributed by atoms with Gasteiger partial charge in [0.2, 0.25) is 0 Å². The monoisotopic (exact) mass is 421 g/mol. The summed E-state index contributed by atoms with van der Waals surface area (Å²) in [5.74, 6) is -0.395. The maximum absolute atomic E-state index is 13.0. The summed E-state index contributed by atoms with van der Waals surface area (Å²) >= 11 is 0. The average Bonchev–Trinajstić information content (AvgIpc) is 3.14. The van der Waals surface area contributed by atoms with Crippen molar-refractivity contribution < 1.29 is 23.6 Å². The molecule has 10 nitrogen and oxygen atoms in total. The molecule has 0 radical (unpaired) electrons. The van der Waals surface area contributed by atoms with Crippen LogP contribution >= 0.6 is 0 Å². The first kappa shape index (κ1) is 19.8. The number of ether oxygens (including phenoxy) is 2. The number of rotatable bonds is 5. The van der Waals surface area contributed by atoms with Crippen LogP contribution in [0.3, 0.4) is 0 Å². The summed E-state index contributed by atoms with van der Waals surface area (Å²) < 4.78 is 16.0. The number of hydrogen-bond donors (Lipinski definition) is 1. The molecule has 0 bridgehead atoms. The minimum Gasteiger partial charge on any atom is -0.493 e. The third kappa shape index (κ3) is 3.73. The molecule has 0 fully saturated rings. The molecule has 0 atom stereocenters. The fourth-order valence-electron chi connectivity index (χ4n) is 3.09. The maximum atomic E-state index is 13.0. The Morgan fingerprint density at radius 2 is 1.87 bits per heavy atom. The van der Waals surface area contributed by atoms with E-state index in [1.807, 2.05) is 0 Å². The highest BCUT2D eigenvalue weighted by molar-refractivity contribution is 5.99. The van der Waals surface area contributed by atoms with Gasteiger partial charge in [0.05, 0.1) is 12.0 Å². The first-order chi connectivity index (χ1) is 14.9. The quantitative estimate of drug-likeness (QED) is 0.169. The number of carbonyl (C=O) groups excluding carboxylic acids is 1. The highest BCUT2D eigenvalue weighted by Gasteiger charge is 2.23. The summed E-state index contributed by atoms with van der Waals surface area (Å²) in [5, 5.41) is 18.3.